The summed E-state index contributed by atoms with van der Waals surface area (Å²) in [6.45, 7) is 0. The predicted molar refractivity (Wildman–Crippen MR) is 54.8 cm³/mol. The number of ketones is 2. The second-order valence-electron chi connectivity index (χ2n) is 3.60. The number of ether oxygens (including phenoxy) is 1. The molecule has 0 bridgehead atoms. The highest BCUT2D eigenvalue weighted by molar-refractivity contribution is 6.22. The number of rotatable bonds is 3. The van der Waals surface area contributed by atoms with Crippen LogP contribution in [0.4, 0.5) is 0 Å². The minimum atomic E-state index is -0.483. The van der Waals surface area contributed by atoms with Crippen molar-refractivity contribution in [1.29, 1.82) is 0 Å². The zero-order chi connectivity index (χ0) is 12.1. The Morgan fingerprint density at radius 2 is 1.81 bits per heavy atom. The number of Topliss-reactive ketones (excluding diaryl/α,β-unsaturated/α-hetero) is 2. The van der Waals surface area contributed by atoms with Crippen LogP contribution in [0.25, 0.3) is 0 Å². The zero-order valence-electron chi connectivity index (χ0n) is 9.12. The summed E-state index contributed by atoms with van der Waals surface area (Å²) in [4.78, 5) is 33.6. The molecular formula is C11H14O5. The Kier molecular flexibility index (Phi) is 4.22. The van der Waals surface area contributed by atoms with E-state index in [1.54, 1.807) is 0 Å². The average Bonchev–Trinajstić information content (AvgIpc) is 2.25. The molecule has 88 valence electrons. The number of aliphatic hydroxyl groups excluding tert-OH is 1. The molecule has 1 saturated carbocycles. The molecule has 0 spiro atoms. The summed E-state index contributed by atoms with van der Waals surface area (Å²) in [6, 6.07) is 0. The highest BCUT2D eigenvalue weighted by Crippen LogP contribution is 2.21. The smallest absolute Gasteiger partial charge is 0.305 e. The van der Waals surface area contributed by atoms with Gasteiger partial charge in [-0.15, -0.1) is 0 Å². The van der Waals surface area contributed by atoms with E-state index in [1.807, 2.05) is 0 Å². The number of hydrogen-bond donors (Lipinski definition) is 1. The third kappa shape index (κ3) is 2.92. The van der Waals surface area contributed by atoms with Crippen LogP contribution in [0.2, 0.25) is 0 Å². The van der Waals surface area contributed by atoms with E-state index in [9.17, 15) is 19.5 Å². The van der Waals surface area contributed by atoms with Gasteiger partial charge in [-0.1, -0.05) is 0 Å². The van der Waals surface area contributed by atoms with Crippen LogP contribution in [0.5, 0.6) is 0 Å². The van der Waals surface area contributed by atoms with E-state index >= 15 is 0 Å². The van der Waals surface area contributed by atoms with Crippen LogP contribution in [0, 0.1) is 0 Å². The van der Waals surface area contributed by atoms with Crippen molar-refractivity contribution in [3.63, 3.8) is 0 Å². The molecule has 0 amide bonds. The van der Waals surface area contributed by atoms with Gasteiger partial charge in [0, 0.05) is 19.3 Å². The number of aliphatic hydroxyl groups is 1. The van der Waals surface area contributed by atoms with Crippen molar-refractivity contribution in [3.8, 4) is 0 Å². The van der Waals surface area contributed by atoms with E-state index in [1.165, 1.54) is 7.11 Å². The minimum Gasteiger partial charge on any atom is -0.511 e. The molecule has 5 nitrogen and oxygen atoms in total. The lowest BCUT2D eigenvalue weighted by Crippen LogP contribution is -2.21. The molecule has 0 aliphatic heterocycles. The monoisotopic (exact) mass is 226 g/mol. The van der Waals surface area contributed by atoms with E-state index in [4.69, 9.17) is 0 Å². The second kappa shape index (κ2) is 5.44. The van der Waals surface area contributed by atoms with Crippen molar-refractivity contribution in [2.45, 2.75) is 32.1 Å². The number of methoxy groups -OCH3 is 1. The van der Waals surface area contributed by atoms with Crippen LogP contribution in [0.3, 0.4) is 0 Å². The minimum absolute atomic E-state index is 0.0283. The number of carbonyl (C=O) groups is 3. The summed E-state index contributed by atoms with van der Waals surface area (Å²) in [5.74, 6) is -1.44. The SMILES string of the molecule is COC(=O)CCC(O)=C1C(=O)CCCC1=O. The maximum absolute atomic E-state index is 11.4. The lowest BCUT2D eigenvalue weighted by molar-refractivity contribution is -0.140. The molecule has 0 aromatic heterocycles. The van der Waals surface area contributed by atoms with Crippen LogP contribution >= 0.6 is 0 Å². The van der Waals surface area contributed by atoms with Gasteiger partial charge in [0.15, 0.2) is 11.6 Å². The number of carbonyl (C=O) groups excluding carboxylic acids is 3. The van der Waals surface area contributed by atoms with Crippen molar-refractivity contribution in [2.24, 2.45) is 0 Å². The van der Waals surface area contributed by atoms with Crippen LogP contribution in [0.15, 0.2) is 11.3 Å². The normalized spacial score (nSPS) is 16.2. The molecule has 0 saturated heterocycles. The van der Waals surface area contributed by atoms with Gasteiger partial charge in [-0.05, 0) is 6.42 Å². The van der Waals surface area contributed by atoms with E-state index in [0.717, 1.165) is 0 Å². The van der Waals surface area contributed by atoms with Gasteiger partial charge < -0.3 is 9.84 Å². The summed E-state index contributed by atoms with van der Waals surface area (Å²) in [7, 11) is 1.24. The van der Waals surface area contributed by atoms with E-state index in [0.29, 0.717) is 6.42 Å². The van der Waals surface area contributed by atoms with Crippen LogP contribution in [0.1, 0.15) is 32.1 Å². The highest BCUT2D eigenvalue weighted by atomic mass is 16.5. The Morgan fingerprint density at radius 1 is 1.25 bits per heavy atom. The van der Waals surface area contributed by atoms with Crippen LogP contribution < -0.4 is 0 Å². The molecule has 0 aromatic carbocycles. The third-order valence-corrected chi connectivity index (χ3v) is 2.45. The fraction of sp³-hybridized carbons (Fsp3) is 0.545. The highest BCUT2D eigenvalue weighted by Gasteiger charge is 2.26. The maximum Gasteiger partial charge on any atom is 0.305 e. The van der Waals surface area contributed by atoms with Gasteiger partial charge in [-0.25, -0.2) is 0 Å². The summed E-state index contributed by atoms with van der Waals surface area (Å²) in [5, 5.41) is 9.59. The largest absolute Gasteiger partial charge is 0.511 e. The Hall–Kier alpha value is -1.65. The Labute approximate surface area is 93.1 Å². The van der Waals surface area contributed by atoms with E-state index in [2.05, 4.69) is 4.74 Å². The molecular weight excluding hydrogens is 212 g/mol. The molecule has 0 atom stereocenters. The molecule has 5 heteroatoms. The average molecular weight is 226 g/mol. The topological polar surface area (TPSA) is 80.7 Å². The fourth-order valence-electron chi connectivity index (χ4n) is 1.58. The van der Waals surface area contributed by atoms with Crippen molar-refractivity contribution < 1.29 is 24.2 Å². The van der Waals surface area contributed by atoms with Gasteiger partial charge in [-0.3, -0.25) is 14.4 Å². The van der Waals surface area contributed by atoms with Crippen molar-refractivity contribution in [3.05, 3.63) is 11.3 Å². The van der Waals surface area contributed by atoms with Gasteiger partial charge in [0.05, 0.1) is 19.1 Å². The molecule has 1 fully saturated rings. The molecule has 1 rings (SSSR count). The Balaban J connectivity index is 2.73. The Morgan fingerprint density at radius 3 is 2.31 bits per heavy atom. The zero-order valence-corrected chi connectivity index (χ0v) is 9.12. The van der Waals surface area contributed by atoms with Gasteiger partial charge in [0.2, 0.25) is 0 Å². The van der Waals surface area contributed by atoms with Crippen molar-refractivity contribution in [1.82, 2.24) is 0 Å². The van der Waals surface area contributed by atoms with Crippen LogP contribution in [-0.2, 0) is 19.1 Å². The molecule has 0 aromatic rings. The first-order valence-corrected chi connectivity index (χ1v) is 5.11. The lowest BCUT2D eigenvalue weighted by Gasteiger charge is -2.13. The van der Waals surface area contributed by atoms with Crippen molar-refractivity contribution >= 4 is 17.5 Å². The van der Waals surface area contributed by atoms with E-state index < -0.39 is 5.97 Å². The number of allylic oxidation sites excluding steroid dienone is 2. The van der Waals surface area contributed by atoms with E-state index in [-0.39, 0.29) is 48.6 Å². The molecule has 1 aliphatic rings. The molecule has 0 radical (unpaired) electrons. The molecule has 16 heavy (non-hydrogen) atoms. The lowest BCUT2D eigenvalue weighted by atomic mass is 9.90. The third-order valence-electron chi connectivity index (χ3n) is 2.45. The predicted octanol–water partition coefficient (Wildman–Crippen LogP) is 1.07. The number of hydrogen-bond acceptors (Lipinski definition) is 5. The second-order valence-corrected chi connectivity index (χ2v) is 3.60. The fourth-order valence-corrected chi connectivity index (χ4v) is 1.58. The molecule has 0 heterocycles. The van der Waals surface area contributed by atoms with Crippen molar-refractivity contribution in [2.75, 3.05) is 7.11 Å². The first-order valence-electron chi connectivity index (χ1n) is 5.11. The summed E-state index contributed by atoms with van der Waals surface area (Å²) in [5.41, 5.74) is -0.129. The molecule has 1 aliphatic carbocycles. The number of esters is 1. The van der Waals surface area contributed by atoms with Gasteiger partial charge in [0.1, 0.15) is 5.76 Å². The van der Waals surface area contributed by atoms with Gasteiger partial charge in [-0.2, -0.15) is 0 Å². The quantitative estimate of drug-likeness (QED) is 0.337. The van der Waals surface area contributed by atoms with Gasteiger partial charge in [0.25, 0.3) is 0 Å². The summed E-state index contributed by atoms with van der Waals surface area (Å²) >= 11 is 0. The summed E-state index contributed by atoms with van der Waals surface area (Å²) < 4.78 is 4.40. The first kappa shape index (κ1) is 12.4. The molecule has 0 unspecified atom stereocenters. The van der Waals surface area contributed by atoms with Crippen LogP contribution in [-0.4, -0.2) is 29.8 Å². The standard InChI is InChI=1S/C11H14O5/c1-16-10(15)6-5-9(14)11-7(12)3-2-4-8(11)13/h14H,2-6H2,1H3. The molecule has 1 N–H and O–H groups in total. The maximum atomic E-state index is 11.4. The summed E-state index contributed by atoms with van der Waals surface area (Å²) in [6.07, 6.45) is 1.03. The first-order chi connectivity index (χ1) is 7.56. The Bertz CT molecular complexity index is 335. The van der Waals surface area contributed by atoms with Gasteiger partial charge >= 0.3 is 5.97 Å².